The van der Waals surface area contributed by atoms with Crippen molar-refractivity contribution < 1.29 is 40.3 Å². The van der Waals surface area contributed by atoms with Gasteiger partial charge in [0, 0.05) is 10.6 Å². The minimum atomic E-state index is -6.63. The highest BCUT2D eigenvalue weighted by Crippen LogP contribution is 2.47. The average molecular weight is 351 g/mol. The lowest BCUT2D eigenvalue weighted by atomic mass is 9.99. The first-order valence-electron chi connectivity index (χ1n) is 5.45. The summed E-state index contributed by atoms with van der Waals surface area (Å²) in [6, 6.07) is 4.33. The molecule has 0 aliphatic heterocycles. The lowest BCUT2D eigenvalue weighted by molar-refractivity contribution is -0.343. The Balaban J connectivity index is 2.96. The highest BCUT2D eigenvalue weighted by Gasteiger charge is 2.75. The molecule has 0 saturated heterocycles. The Kier molecular flexibility index (Phi) is 4.91. The molecule has 0 spiro atoms. The smallest absolute Gasteiger partial charge is 0.294 e. The van der Waals surface area contributed by atoms with Crippen molar-refractivity contribution in [1.82, 2.24) is 0 Å². The fourth-order valence-corrected chi connectivity index (χ4v) is 1.47. The molecule has 0 radical (unpaired) electrons. The Morgan fingerprint density at radius 2 is 1.36 bits per heavy atom. The number of ketones is 2. The molecule has 0 aliphatic carbocycles. The fourth-order valence-electron chi connectivity index (χ4n) is 1.35. The van der Waals surface area contributed by atoms with E-state index in [1.54, 1.807) is 0 Å². The molecule has 1 rings (SSSR count). The number of carbonyl (C=O) groups is 2. The number of halogens is 8. The first-order valence-corrected chi connectivity index (χ1v) is 5.83. The molecule has 122 valence electrons. The van der Waals surface area contributed by atoms with E-state index in [0.717, 1.165) is 24.3 Å². The van der Waals surface area contributed by atoms with Crippen LogP contribution < -0.4 is 0 Å². The maximum absolute atomic E-state index is 13.0. The van der Waals surface area contributed by atoms with Gasteiger partial charge in [0.1, 0.15) is 0 Å². The number of hydrogen-bond donors (Lipinski definition) is 0. The van der Waals surface area contributed by atoms with Crippen LogP contribution in [0.1, 0.15) is 16.8 Å². The molecule has 1 aromatic rings. The minimum absolute atomic E-state index is 0.164. The summed E-state index contributed by atoms with van der Waals surface area (Å²) >= 11 is 5.48. The average Bonchev–Trinajstić information content (AvgIpc) is 2.37. The van der Waals surface area contributed by atoms with E-state index in [-0.39, 0.29) is 10.6 Å². The zero-order chi connectivity index (χ0) is 17.3. The Morgan fingerprint density at radius 3 is 1.77 bits per heavy atom. The summed E-state index contributed by atoms with van der Waals surface area (Å²) in [5, 5.41) is 0.164. The van der Waals surface area contributed by atoms with E-state index < -0.39 is 36.0 Å². The second-order valence-electron chi connectivity index (χ2n) is 4.18. The first kappa shape index (κ1) is 18.4. The van der Waals surface area contributed by atoms with Crippen molar-refractivity contribution in [3.05, 3.63) is 34.9 Å². The van der Waals surface area contributed by atoms with Gasteiger partial charge in [0.05, 0.1) is 6.42 Å². The molecule has 0 amide bonds. The lowest BCUT2D eigenvalue weighted by Crippen LogP contribution is -2.56. The standard InChI is InChI=1S/C12H6ClF7O2/c13-7-3-1-6(2-4-7)8(21)5-9(22)10(14,15)11(16,17)12(18,19)20/h1-4H,5H2. The number of hydrogen-bond acceptors (Lipinski definition) is 2. The van der Waals surface area contributed by atoms with Crippen LogP contribution in [0.15, 0.2) is 24.3 Å². The minimum Gasteiger partial charge on any atom is -0.294 e. The Bertz CT molecular complexity index is 578. The number of carbonyl (C=O) groups excluding carboxylic acids is 2. The van der Waals surface area contributed by atoms with Gasteiger partial charge in [0.25, 0.3) is 0 Å². The van der Waals surface area contributed by atoms with E-state index in [2.05, 4.69) is 0 Å². The highest BCUT2D eigenvalue weighted by molar-refractivity contribution is 6.30. The van der Waals surface area contributed by atoms with Gasteiger partial charge in [-0.25, -0.2) is 0 Å². The summed E-state index contributed by atoms with van der Waals surface area (Å²) in [6.07, 6.45) is -8.43. The zero-order valence-electron chi connectivity index (χ0n) is 10.4. The molecule has 0 unspecified atom stereocenters. The molecule has 10 heteroatoms. The van der Waals surface area contributed by atoms with Gasteiger partial charge in [0.2, 0.25) is 5.78 Å². The van der Waals surface area contributed by atoms with Gasteiger partial charge in [-0.2, -0.15) is 30.7 Å². The van der Waals surface area contributed by atoms with Gasteiger partial charge in [-0.15, -0.1) is 0 Å². The van der Waals surface area contributed by atoms with Crippen LogP contribution in [0.2, 0.25) is 5.02 Å². The molecular formula is C12H6ClF7O2. The fraction of sp³-hybridized carbons (Fsp3) is 0.333. The molecule has 0 aromatic heterocycles. The maximum Gasteiger partial charge on any atom is 0.460 e. The third kappa shape index (κ3) is 3.40. The quantitative estimate of drug-likeness (QED) is 0.450. The van der Waals surface area contributed by atoms with Gasteiger partial charge >= 0.3 is 18.0 Å². The number of benzene rings is 1. The molecule has 1 aromatic carbocycles. The van der Waals surface area contributed by atoms with Gasteiger partial charge in [-0.3, -0.25) is 9.59 Å². The molecule has 0 heterocycles. The van der Waals surface area contributed by atoms with E-state index in [1.165, 1.54) is 0 Å². The molecule has 0 atom stereocenters. The van der Waals surface area contributed by atoms with Gasteiger partial charge in [0.15, 0.2) is 5.78 Å². The molecule has 0 fully saturated rings. The first-order chi connectivity index (χ1) is 9.80. The molecule has 0 aliphatic rings. The van der Waals surface area contributed by atoms with Crippen molar-refractivity contribution >= 4 is 23.2 Å². The monoisotopic (exact) mass is 350 g/mol. The van der Waals surface area contributed by atoms with Crippen molar-refractivity contribution in [2.45, 2.75) is 24.4 Å². The highest BCUT2D eigenvalue weighted by atomic mass is 35.5. The number of alkyl halides is 7. The Hall–Kier alpha value is -1.64. The summed E-state index contributed by atoms with van der Waals surface area (Å²) in [5.74, 6) is -16.8. The van der Waals surface area contributed by atoms with E-state index >= 15 is 0 Å². The van der Waals surface area contributed by atoms with Crippen molar-refractivity contribution in [3.8, 4) is 0 Å². The van der Waals surface area contributed by atoms with Gasteiger partial charge < -0.3 is 0 Å². The second-order valence-corrected chi connectivity index (χ2v) is 4.61. The van der Waals surface area contributed by atoms with Crippen LogP contribution in [0.5, 0.6) is 0 Å². The third-order valence-corrected chi connectivity index (χ3v) is 2.84. The van der Waals surface area contributed by atoms with Crippen LogP contribution >= 0.6 is 11.6 Å². The van der Waals surface area contributed by atoms with E-state index in [9.17, 15) is 40.3 Å². The third-order valence-electron chi connectivity index (χ3n) is 2.59. The van der Waals surface area contributed by atoms with Crippen molar-refractivity contribution in [1.29, 1.82) is 0 Å². The molecule has 0 saturated carbocycles. The molecule has 2 nitrogen and oxygen atoms in total. The summed E-state index contributed by atoms with van der Waals surface area (Å²) in [4.78, 5) is 22.5. The van der Waals surface area contributed by atoms with E-state index in [1.807, 2.05) is 0 Å². The predicted molar refractivity (Wildman–Crippen MR) is 61.4 cm³/mol. The molecule has 0 bridgehead atoms. The molecule has 0 N–H and O–H groups in total. The van der Waals surface area contributed by atoms with Crippen molar-refractivity contribution in [3.63, 3.8) is 0 Å². The summed E-state index contributed by atoms with van der Waals surface area (Å²) < 4.78 is 87.1. The Morgan fingerprint density at radius 1 is 0.909 bits per heavy atom. The van der Waals surface area contributed by atoms with Crippen LogP contribution in [-0.4, -0.2) is 29.6 Å². The Labute approximate surface area is 123 Å². The number of Topliss-reactive ketones (excluding diaryl/α,β-unsaturated/α-hetero) is 2. The zero-order valence-corrected chi connectivity index (χ0v) is 11.1. The van der Waals surface area contributed by atoms with Crippen molar-refractivity contribution in [2.24, 2.45) is 0 Å². The molecule has 22 heavy (non-hydrogen) atoms. The van der Waals surface area contributed by atoms with Crippen LogP contribution in [0.3, 0.4) is 0 Å². The number of rotatable bonds is 5. The van der Waals surface area contributed by atoms with Gasteiger partial charge in [-0.1, -0.05) is 11.6 Å². The summed E-state index contributed by atoms with van der Waals surface area (Å²) in [6.45, 7) is 0. The summed E-state index contributed by atoms with van der Waals surface area (Å²) in [7, 11) is 0. The van der Waals surface area contributed by atoms with Crippen LogP contribution in [0, 0.1) is 0 Å². The second kappa shape index (κ2) is 5.86. The van der Waals surface area contributed by atoms with E-state index in [0.29, 0.717) is 0 Å². The lowest BCUT2D eigenvalue weighted by Gasteiger charge is -2.26. The predicted octanol–water partition coefficient (Wildman–Crippen LogP) is 4.31. The summed E-state index contributed by atoms with van der Waals surface area (Å²) in [5.41, 5.74) is -0.330. The van der Waals surface area contributed by atoms with Gasteiger partial charge in [-0.05, 0) is 24.3 Å². The SMILES string of the molecule is O=C(CC(=O)C(F)(F)C(F)(F)C(F)(F)F)c1ccc(Cl)cc1. The van der Waals surface area contributed by atoms with E-state index in [4.69, 9.17) is 11.6 Å². The van der Waals surface area contributed by atoms with Crippen LogP contribution in [-0.2, 0) is 4.79 Å². The normalized spacial score (nSPS) is 13.1. The molecular weight excluding hydrogens is 345 g/mol. The van der Waals surface area contributed by atoms with Crippen LogP contribution in [0.4, 0.5) is 30.7 Å². The van der Waals surface area contributed by atoms with Crippen molar-refractivity contribution in [2.75, 3.05) is 0 Å². The topological polar surface area (TPSA) is 34.1 Å². The largest absolute Gasteiger partial charge is 0.460 e. The maximum atomic E-state index is 13.0. The van der Waals surface area contributed by atoms with Crippen LogP contribution in [0.25, 0.3) is 0 Å².